The van der Waals surface area contributed by atoms with Gasteiger partial charge in [-0.2, -0.15) is 9.97 Å². The number of piperidine rings is 1. The van der Waals surface area contributed by atoms with Crippen molar-refractivity contribution >= 4 is 23.0 Å². The molecule has 2 aromatic heterocycles. The molecule has 1 atom stereocenters. The van der Waals surface area contributed by atoms with E-state index in [9.17, 15) is 4.79 Å². The fourth-order valence-corrected chi connectivity index (χ4v) is 4.05. The van der Waals surface area contributed by atoms with Crippen LogP contribution < -0.4 is 5.32 Å². The van der Waals surface area contributed by atoms with Crippen LogP contribution in [0.2, 0.25) is 0 Å². The number of anilines is 1. The third kappa shape index (κ3) is 3.88. The number of nitrogens with zero attached hydrogens (tertiary/aromatic N) is 4. The Hall–Kier alpha value is -3.68. The van der Waals surface area contributed by atoms with Crippen LogP contribution in [0.25, 0.3) is 22.6 Å². The second-order valence-electron chi connectivity index (χ2n) is 7.71. The fraction of sp³-hybridized carbons (Fsp3) is 0.304. The van der Waals surface area contributed by atoms with Gasteiger partial charge in [0.25, 0.3) is 17.8 Å². The van der Waals surface area contributed by atoms with Crippen LogP contribution in [-0.2, 0) is 0 Å². The van der Waals surface area contributed by atoms with Crippen LogP contribution in [0.4, 0.5) is 6.01 Å². The molecule has 1 saturated heterocycles. The lowest BCUT2D eigenvalue weighted by Gasteiger charge is -2.36. The number of carbonyl (C=O) groups excluding carboxylic acids is 1. The lowest BCUT2D eigenvalue weighted by atomic mass is 9.99. The van der Waals surface area contributed by atoms with Gasteiger partial charge in [-0.25, -0.2) is 0 Å². The molecule has 0 radical (unpaired) electrons. The van der Waals surface area contributed by atoms with E-state index in [0.29, 0.717) is 41.9 Å². The van der Waals surface area contributed by atoms with Crippen LogP contribution in [0.1, 0.15) is 35.4 Å². The Balaban J connectivity index is 1.36. The van der Waals surface area contributed by atoms with E-state index in [1.165, 1.54) is 0 Å². The predicted molar refractivity (Wildman–Crippen MR) is 116 cm³/mol. The summed E-state index contributed by atoms with van der Waals surface area (Å²) in [4.78, 5) is 24.2. The Bertz CT molecular complexity index is 1180. The summed E-state index contributed by atoms with van der Waals surface area (Å²) in [5, 5.41) is 7.14. The molecule has 3 heterocycles. The standard InChI is InChI=1S/C23H23N5O3/c1-15-25-21(31-27-15)17-9-2-3-10-18(17)22(29)28-13-7-6-8-16(28)14-24-23-26-19-11-4-5-12-20(19)30-23/h2-5,9-12,16H,6-8,13-14H2,1H3,(H,24,26). The quantitative estimate of drug-likeness (QED) is 0.517. The van der Waals surface area contributed by atoms with Crippen molar-refractivity contribution in [3.63, 3.8) is 0 Å². The summed E-state index contributed by atoms with van der Waals surface area (Å²) in [6.45, 7) is 3.03. The molecule has 2 aromatic carbocycles. The molecular weight excluding hydrogens is 394 g/mol. The SMILES string of the molecule is Cc1noc(-c2ccccc2C(=O)N2CCCCC2CNc2nc3ccccc3o2)n1. The van der Waals surface area contributed by atoms with Gasteiger partial charge >= 0.3 is 0 Å². The van der Waals surface area contributed by atoms with E-state index < -0.39 is 0 Å². The van der Waals surface area contributed by atoms with E-state index in [1.807, 2.05) is 53.4 Å². The maximum absolute atomic E-state index is 13.5. The molecule has 1 aliphatic heterocycles. The van der Waals surface area contributed by atoms with Gasteiger partial charge in [0.1, 0.15) is 5.52 Å². The second-order valence-corrected chi connectivity index (χ2v) is 7.71. The third-order valence-electron chi connectivity index (χ3n) is 5.59. The van der Waals surface area contributed by atoms with Crippen LogP contribution in [0, 0.1) is 6.92 Å². The molecule has 1 fully saturated rings. The zero-order chi connectivity index (χ0) is 21.2. The number of likely N-dealkylation sites (tertiary alicyclic amines) is 1. The Kier molecular flexibility index (Phi) is 5.11. The van der Waals surface area contributed by atoms with Gasteiger partial charge in [-0.1, -0.05) is 29.4 Å². The number of carbonyl (C=O) groups is 1. The smallest absolute Gasteiger partial charge is 0.295 e. The van der Waals surface area contributed by atoms with Crippen LogP contribution in [0.5, 0.6) is 0 Å². The largest absolute Gasteiger partial charge is 0.424 e. The highest BCUT2D eigenvalue weighted by Crippen LogP contribution is 2.27. The zero-order valence-electron chi connectivity index (χ0n) is 17.2. The highest BCUT2D eigenvalue weighted by atomic mass is 16.5. The first-order chi connectivity index (χ1) is 15.2. The maximum Gasteiger partial charge on any atom is 0.295 e. The summed E-state index contributed by atoms with van der Waals surface area (Å²) in [5.74, 6) is 0.866. The summed E-state index contributed by atoms with van der Waals surface area (Å²) in [6, 6.07) is 15.5. The van der Waals surface area contributed by atoms with Crippen molar-refractivity contribution in [2.45, 2.75) is 32.2 Å². The van der Waals surface area contributed by atoms with Gasteiger partial charge in [0.2, 0.25) is 0 Å². The molecule has 8 nitrogen and oxygen atoms in total. The molecule has 8 heteroatoms. The Labute approximate surface area is 179 Å². The minimum absolute atomic E-state index is 0.0319. The molecule has 1 unspecified atom stereocenters. The highest BCUT2D eigenvalue weighted by Gasteiger charge is 2.30. The Morgan fingerprint density at radius 2 is 1.97 bits per heavy atom. The summed E-state index contributed by atoms with van der Waals surface area (Å²) >= 11 is 0. The van der Waals surface area contributed by atoms with Crippen LogP contribution in [0.3, 0.4) is 0 Å². The molecule has 158 valence electrons. The van der Waals surface area contributed by atoms with Crippen molar-refractivity contribution in [1.82, 2.24) is 20.0 Å². The molecule has 31 heavy (non-hydrogen) atoms. The number of aromatic nitrogens is 3. The minimum atomic E-state index is -0.0319. The second kappa shape index (κ2) is 8.22. The average molecular weight is 417 g/mol. The van der Waals surface area contributed by atoms with E-state index in [-0.39, 0.29) is 11.9 Å². The summed E-state index contributed by atoms with van der Waals surface area (Å²) in [5.41, 5.74) is 2.78. The van der Waals surface area contributed by atoms with Crippen molar-refractivity contribution in [3.05, 3.63) is 59.9 Å². The highest BCUT2D eigenvalue weighted by molar-refractivity contribution is 6.00. The molecule has 1 N–H and O–H groups in total. The Morgan fingerprint density at radius 1 is 1.13 bits per heavy atom. The number of aryl methyl sites for hydroxylation is 1. The van der Waals surface area contributed by atoms with Gasteiger partial charge in [-0.3, -0.25) is 4.79 Å². The first-order valence-corrected chi connectivity index (χ1v) is 10.5. The first-order valence-electron chi connectivity index (χ1n) is 10.5. The van der Waals surface area contributed by atoms with E-state index in [0.717, 1.165) is 30.4 Å². The normalized spacial score (nSPS) is 16.5. The van der Waals surface area contributed by atoms with Crippen LogP contribution in [-0.4, -0.2) is 45.1 Å². The number of para-hydroxylation sites is 2. The average Bonchev–Trinajstić information content (AvgIpc) is 3.43. The topological polar surface area (TPSA) is 97.3 Å². The molecular formula is C23H23N5O3. The predicted octanol–water partition coefficient (Wildman–Crippen LogP) is 4.29. The van der Waals surface area contributed by atoms with Crippen molar-refractivity contribution in [1.29, 1.82) is 0 Å². The monoisotopic (exact) mass is 417 g/mol. The maximum atomic E-state index is 13.5. The van der Waals surface area contributed by atoms with Crippen molar-refractivity contribution in [2.24, 2.45) is 0 Å². The van der Waals surface area contributed by atoms with Crippen molar-refractivity contribution < 1.29 is 13.7 Å². The molecule has 1 amide bonds. The van der Waals surface area contributed by atoms with Crippen LogP contribution >= 0.6 is 0 Å². The van der Waals surface area contributed by atoms with Crippen molar-refractivity contribution in [2.75, 3.05) is 18.4 Å². The van der Waals surface area contributed by atoms with Gasteiger partial charge < -0.3 is 19.2 Å². The van der Waals surface area contributed by atoms with Gasteiger partial charge in [-0.05, 0) is 50.5 Å². The number of amides is 1. The molecule has 0 saturated carbocycles. The van der Waals surface area contributed by atoms with E-state index >= 15 is 0 Å². The van der Waals surface area contributed by atoms with E-state index in [1.54, 1.807) is 6.92 Å². The van der Waals surface area contributed by atoms with Crippen molar-refractivity contribution in [3.8, 4) is 11.5 Å². The third-order valence-corrected chi connectivity index (χ3v) is 5.59. The molecule has 4 aromatic rings. The summed E-state index contributed by atoms with van der Waals surface area (Å²) in [7, 11) is 0. The number of oxazole rings is 1. The number of hydrogen-bond acceptors (Lipinski definition) is 7. The molecule has 0 aliphatic carbocycles. The van der Waals surface area contributed by atoms with Gasteiger partial charge in [0, 0.05) is 19.1 Å². The summed E-state index contributed by atoms with van der Waals surface area (Å²) in [6.07, 6.45) is 2.97. The van der Waals surface area contributed by atoms with E-state index in [2.05, 4.69) is 20.4 Å². The first kappa shape index (κ1) is 19.3. The number of hydrogen-bond donors (Lipinski definition) is 1. The molecule has 0 spiro atoms. The van der Waals surface area contributed by atoms with Gasteiger partial charge in [0.05, 0.1) is 11.1 Å². The van der Waals surface area contributed by atoms with E-state index in [4.69, 9.17) is 8.94 Å². The summed E-state index contributed by atoms with van der Waals surface area (Å²) < 4.78 is 11.1. The molecule has 5 rings (SSSR count). The number of fused-ring (bicyclic) bond motifs is 1. The lowest BCUT2D eigenvalue weighted by molar-refractivity contribution is 0.0628. The minimum Gasteiger partial charge on any atom is -0.424 e. The van der Waals surface area contributed by atoms with Gasteiger partial charge in [0.15, 0.2) is 11.4 Å². The fourth-order valence-electron chi connectivity index (χ4n) is 4.05. The molecule has 1 aliphatic rings. The van der Waals surface area contributed by atoms with Crippen LogP contribution in [0.15, 0.2) is 57.5 Å². The zero-order valence-corrected chi connectivity index (χ0v) is 17.2. The van der Waals surface area contributed by atoms with Gasteiger partial charge in [-0.15, -0.1) is 0 Å². The number of rotatable bonds is 5. The number of benzene rings is 2. The number of nitrogens with one attached hydrogen (secondary N) is 1. The molecule has 0 bridgehead atoms. The Morgan fingerprint density at radius 3 is 2.81 bits per heavy atom. The lowest BCUT2D eigenvalue weighted by Crippen LogP contribution is -2.47.